The molecule has 0 saturated heterocycles. The van der Waals surface area contributed by atoms with Crippen LogP contribution in [0.4, 0.5) is 30.7 Å². The van der Waals surface area contributed by atoms with Crippen LogP contribution in [0.2, 0.25) is 0 Å². The highest BCUT2D eigenvalue weighted by Gasteiger charge is 2.76. The van der Waals surface area contributed by atoms with Crippen molar-refractivity contribution in [2.45, 2.75) is 44.2 Å². The van der Waals surface area contributed by atoms with E-state index < -0.39 is 36.4 Å². The number of unbranched alkanes of at least 4 members (excludes halogenated alkanes) is 2. The van der Waals surface area contributed by atoms with Gasteiger partial charge in [-0.1, -0.05) is 19.8 Å². The SMILES string of the molecule is CCCCCOC(=O)CN(C)C(=O)C(F)(F)C(F)(F)C(F)(F)F. The van der Waals surface area contributed by atoms with Crippen molar-refractivity contribution in [3.8, 4) is 0 Å². The minimum atomic E-state index is -6.62. The van der Waals surface area contributed by atoms with Crippen LogP contribution in [0.25, 0.3) is 0 Å². The summed E-state index contributed by atoms with van der Waals surface area (Å²) < 4.78 is 92.1. The summed E-state index contributed by atoms with van der Waals surface area (Å²) in [5, 5.41) is 0. The van der Waals surface area contributed by atoms with Crippen molar-refractivity contribution < 1.29 is 45.1 Å². The lowest BCUT2D eigenvalue weighted by Crippen LogP contribution is -2.60. The van der Waals surface area contributed by atoms with Crippen molar-refractivity contribution in [3.05, 3.63) is 0 Å². The quantitative estimate of drug-likeness (QED) is 0.382. The Morgan fingerprint density at radius 2 is 1.52 bits per heavy atom. The van der Waals surface area contributed by atoms with Gasteiger partial charge in [0.1, 0.15) is 6.54 Å². The monoisotopic (exact) mass is 355 g/mol. The predicted octanol–water partition coefficient (Wildman–Crippen LogP) is 3.01. The van der Waals surface area contributed by atoms with Gasteiger partial charge >= 0.3 is 24.0 Å². The summed E-state index contributed by atoms with van der Waals surface area (Å²) in [6.07, 6.45) is -4.65. The Balaban J connectivity index is 4.79. The number of alkyl halides is 7. The molecule has 0 aliphatic rings. The molecule has 23 heavy (non-hydrogen) atoms. The third kappa shape index (κ3) is 5.24. The van der Waals surface area contributed by atoms with Crippen molar-refractivity contribution in [1.82, 2.24) is 4.90 Å². The van der Waals surface area contributed by atoms with Crippen molar-refractivity contribution in [2.24, 2.45) is 0 Å². The zero-order chi connectivity index (χ0) is 18.5. The van der Waals surface area contributed by atoms with Gasteiger partial charge in [0.2, 0.25) is 0 Å². The fourth-order valence-corrected chi connectivity index (χ4v) is 1.40. The van der Waals surface area contributed by atoms with Gasteiger partial charge in [-0.05, 0) is 6.42 Å². The number of hydrogen-bond donors (Lipinski definition) is 0. The number of amides is 1. The largest absolute Gasteiger partial charge is 0.464 e. The van der Waals surface area contributed by atoms with Gasteiger partial charge in [-0.15, -0.1) is 0 Å². The molecule has 0 atom stereocenters. The Morgan fingerprint density at radius 3 is 1.96 bits per heavy atom. The Morgan fingerprint density at radius 1 is 1.00 bits per heavy atom. The summed E-state index contributed by atoms with van der Waals surface area (Å²) in [5.74, 6) is -16.6. The van der Waals surface area contributed by atoms with Crippen molar-refractivity contribution >= 4 is 11.9 Å². The minimum absolute atomic E-state index is 0.0796. The molecule has 0 aromatic rings. The molecule has 0 N–H and O–H groups in total. The summed E-state index contributed by atoms with van der Waals surface area (Å²) in [7, 11) is 0.496. The standard InChI is InChI=1S/C12H16F7NO3/c1-3-4-5-6-23-8(21)7-20(2)9(22)10(13,14)11(15,16)12(17,18)19/h3-7H2,1-2H3. The van der Waals surface area contributed by atoms with Gasteiger partial charge in [0, 0.05) is 7.05 Å². The summed E-state index contributed by atoms with van der Waals surface area (Å²) in [6, 6.07) is 0. The second-order valence-electron chi connectivity index (χ2n) is 4.74. The summed E-state index contributed by atoms with van der Waals surface area (Å²) in [5.41, 5.74) is 0. The number of carbonyl (C=O) groups is 2. The molecule has 0 aliphatic heterocycles. The number of rotatable bonds is 8. The smallest absolute Gasteiger partial charge is 0.460 e. The first-order valence-corrected chi connectivity index (χ1v) is 6.52. The number of esters is 1. The molecule has 0 saturated carbocycles. The maximum atomic E-state index is 13.1. The van der Waals surface area contributed by atoms with E-state index in [4.69, 9.17) is 0 Å². The molecule has 0 fully saturated rings. The number of nitrogens with zero attached hydrogens (tertiary/aromatic N) is 1. The highest BCUT2D eigenvalue weighted by molar-refractivity contribution is 5.87. The summed E-state index contributed by atoms with van der Waals surface area (Å²) in [4.78, 5) is 22.1. The molecule has 0 bridgehead atoms. The highest BCUT2D eigenvalue weighted by atomic mass is 19.4. The van der Waals surface area contributed by atoms with Crippen LogP contribution in [0, 0.1) is 0 Å². The molecule has 0 aromatic carbocycles. The lowest BCUT2D eigenvalue weighted by molar-refractivity contribution is -0.345. The first-order valence-electron chi connectivity index (χ1n) is 6.52. The molecule has 0 heterocycles. The number of ether oxygens (including phenoxy) is 1. The lowest BCUT2D eigenvalue weighted by Gasteiger charge is -2.29. The third-order valence-corrected chi connectivity index (χ3v) is 2.74. The predicted molar refractivity (Wildman–Crippen MR) is 64.1 cm³/mol. The maximum Gasteiger partial charge on any atom is 0.460 e. The molecular formula is C12H16F7NO3. The van der Waals surface area contributed by atoms with Crippen molar-refractivity contribution in [3.63, 3.8) is 0 Å². The fraction of sp³-hybridized carbons (Fsp3) is 0.833. The molecule has 0 spiro atoms. The molecular weight excluding hydrogens is 339 g/mol. The number of hydrogen-bond acceptors (Lipinski definition) is 3. The van der Waals surface area contributed by atoms with Gasteiger partial charge in [-0.3, -0.25) is 9.59 Å². The Hall–Kier alpha value is -1.55. The average Bonchev–Trinajstić information content (AvgIpc) is 2.41. The van der Waals surface area contributed by atoms with E-state index in [2.05, 4.69) is 4.74 Å². The highest BCUT2D eigenvalue weighted by Crippen LogP contribution is 2.47. The van der Waals surface area contributed by atoms with Crippen LogP contribution in [0.15, 0.2) is 0 Å². The second-order valence-corrected chi connectivity index (χ2v) is 4.74. The van der Waals surface area contributed by atoms with Crippen LogP contribution in [0.1, 0.15) is 26.2 Å². The minimum Gasteiger partial charge on any atom is -0.464 e. The Bertz CT molecular complexity index is 423. The van der Waals surface area contributed by atoms with E-state index in [0.29, 0.717) is 19.9 Å². The third-order valence-electron chi connectivity index (χ3n) is 2.74. The first kappa shape index (κ1) is 21.4. The van der Waals surface area contributed by atoms with Crippen LogP contribution in [0.5, 0.6) is 0 Å². The molecule has 0 radical (unpaired) electrons. The van der Waals surface area contributed by atoms with E-state index in [0.717, 1.165) is 6.42 Å². The van der Waals surface area contributed by atoms with E-state index in [1.54, 1.807) is 0 Å². The van der Waals surface area contributed by atoms with Crippen LogP contribution >= 0.6 is 0 Å². The van der Waals surface area contributed by atoms with Crippen molar-refractivity contribution in [1.29, 1.82) is 0 Å². The number of carbonyl (C=O) groups excluding carboxylic acids is 2. The Labute approximate surface area is 127 Å². The first-order chi connectivity index (χ1) is 10.3. The zero-order valence-electron chi connectivity index (χ0n) is 12.4. The van der Waals surface area contributed by atoms with Crippen LogP contribution in [-0.2, 0) is 14.3 Å². The topological polar surface area (TPSA) is 46.6 Å². The molecule has 0 aromatic heterocycles. The number of likely N-dealkylation sites (N-methyl/N-ethyl adjacent to an activating group) is 1. The van der Waals surface area contributed by atoms with Crippen LogP contribution in [0.3, 0.4) is 0 Å². The molecule has 1 amide bonds. The van der Waals surface area contributed by atoms with Gasteiger partial charge in [-0.2, -0.15) is 30.7 Å². The van der Waals surface area contributed by atoms with Gasteiger partial charge < -0.3 is 9.64 Å². The van der Waals surface area contributed by atoms with Gasteiger partial charge in [0.15, 0.2) is 0 Å². The molecule has 136 valence electrons. The van der Waals surface area contributed by atoms with E-state index in [9.17, 15) is 40.3 Å². The fourth-order valence-electron chi connectivity index (χ4n) is 1.40. The number of halogens is 7. The van der Waals surface area contributed by atoms with E-state index >= 15 is 0 Å². The lowest BCUT2D eigenvalue weighted by atomic mass is 10.1. The Kier molecular flexibility index (Phi) is 7.29. The summed E-state index contributed by atoms with van der Waals surface area (Å²) in [6.45, 7) is 0.607. The average molecular weight is 355 g/mol. The molecule has 4 nitrogen and oxygen atoms in total. The van der Waals surface area contributed by atoms with Gasteiger partial charge in [0.05, 0.1) is 6.61 Å². The molecule has 0 unspecified atom stereocenters. The maximum absolute atomic E-state index is 13.1. The summed E-state index contributed by atoms with van der Waals surface area (Å²) >= 11 is 0. The normalized spacial score (nSPS) is 12.9. The second kappa shape index (κ2) is 7.82. The van der Waals surface area contributed by atoms with Gasteiger partial charge in [0.25, 0.3) is 5.91 Å². The van der Waals surface area contributed by atoms with Crippen molar-refractivity contribution in [2.75, 3.05) is 20.2 Å². The van der Waals surface area contributed by atoms with E-state index in [1.165, 1.54) is 0 Å². The van der Waals surface area contributed by atoms with Crippen LogP contribution in [-0.4, -0.2) is 55.0 Å². The van der Waals surface area contributed by atoms with Crippen LogP contribution < -0.4 is 0 Å². The zero-order valence-corrected chi connectivity index (χ0v) is 12.4. The molecule has 0 aliphatic carbocycles. The molecule has 0 rings (SSSR count). The molecule has 11 heteroatoms. The van der Waals surface area contributed by atoms with Gasteiger partial charge in [-0.25, -0.2) is 0 Å². The van der Waals surface area contributed by atoms with E-state index in [-0.39, 0.29) is 11.5 Å². The van der Waals surface area contributed by atoms with E-state index in [1.807, 2.05) is 6.92 Å².